The number of para-hydroxylation sites is 1. The number of benzene rings is 1. The molecule has 118 valence electrons. The summed E-state index contributed by atoms with van der Waals surface area (Å²) in [6.07, 6.45) is 0. The Labute approximate surface area is 139 Å². The molecule has 0 radical (unpaired) electrons. The lowest BCUT2D eigenvalue weighted by molar-refractivity contribution is -0.121. The number of aliphatic hydroxyl groups excluding tert-OH is 1. The van der Waals surface area contributed by atoms with Crippen LogP contribution in [0, 0.1) is 12.3 Å². The average Bonchev–Trinajstić information content (AvgIpc) is 2.78. The van der Waals surface area contributed by atoms with Crippen molar-refractivity contribution in [2.75, 3.05) is 25.6 Å². The third kappa shape index (κ3) is 3.04. The summed E-state index contributed by atoms with van der Waals surface area (Å²) in [5.41, 5.74) is 2.90. The molecule has 0 saturated carbocycles. The molecule has 1 N–H and O–H groups in total. The molecule has 4 nitrogen and oxygen atoms in total. The highest BCUT2D eigenvalue weighted by molar-refractivity contribution is 7.98. The molecule has 1 aliphatic rings. The fourth-order valence-electron chi connectivity index (χ4n) is 2.42. The van der Waals surface area contributed by atoms with Crippen LogP contribution >= 0.6 is 23.4 Å². The zero-order chi connectivity index (χ0) is 15.6. The van der Waals surface area contributed by atoms with E-state index in [0.29, 0.717) is 18.4 Å². The van der Waals surface area contributed by atoms with Crippen molar-refractivity contribution >= 4 is 23.4 Å². The van der Waals surface area contributed by atoms with Gasteiger partial charge in [-0.2, -0.15) is 16.9 Å². The maximum Gasteiger partial charge on any atom is 0.137 e. The highest BCUT2D eigenvalue weighted by atomic mass is 35.5. The first-order valence-electron chi connectivity index (χ1n) is 7.21. The Morgan fingerprint density at radius 3 is 2.68 bits per heavy atom. The van der Waals surface area contributed by atoms with E-state index < -0.39 is 0 Å². The van der Waals surface area contributed by atoms with Gasteiger partial charge in [-0.05, 0) is 19.1 Å². The molecule has 0 unspecified atom stereocenters. The summed E-state index contributed by atoms with van der Waals surface area (Å²) in [5.74, 6) is 1.66. The second-order valence-electron chi connectivity index (χ2n) is 5.75. The van der Waals surface area contributed by atoms with Crippen LogP contribution in [0.4, 0.5) is 0 Å². The second kappa shape index (κ2) is 6.62. The van der Waals surface area contributed by atoms with E-state index in [1.165, 1.54) is 0 Å². The molecule has 0 amide bonds. The van der Waals surface area contributed by atoms with Gasteiger partial charge in [0.1, 0.15) is 5.15 Å². The molecule has 22 heavy (non-hydrogen) atoms. The molecule has 1 aliphatic heterocycles. The van der Waals surface area contributed by atoms with E-state index in [-0.39, 0.29) is 12.0 Å². The lowest BCUT2D eigenvalue weighted by atomic mass is 9.90. The molecular formula is C16H19ClN2O2S. The molecule has 2 heterocycles. The molecule has 2 aromatic rings. The zero-order valence-electron chi connectivity index (χ0n) is 12.5. The summed E-state index contributed by atoms with van der Waals surface area (Å²) < 4.78 is 7.00. The van der Waals surface area contributed by atoms with Crippen molar-refractivity contribution in [1.82, 2.24) is 9.78 Å². The van der Waals surface area contributed by atoms with Gasteiger partial charge in [0, 0.05) is 22.5 Å². The monoisotopic (exact) mass is 338 g/mol. The number of hydrogen-bond donors (Lipinski definition) is 1. The van der Waals surface area contributed by atoms with Crippen LogP contribution in [0.25, 0.3) is 5.69 Å². The largest absolute Gasteiger partial charge is 0.396 e. The Balaban J connectivity index is 1.71. The van der Waals surface area contributed by atoms with Gasteiger partial charge in [-0.3, -0.25) is 0 Å². The van der Waals surface area contributed by atoms with Crippen LogP contribution in [0.3, 0.4) is 0 Å². The van der Waals surface area contributed by atoms with E-state index in [4.69, 9.17) is 16.3 Å². The first-order valence-corrected chi connectivity index (χ1v) is 8.74. The minimum atomic E-state index is -0.0690. The van der Waals surface area contributed by atoms with Crippen molar-refractivity contribution in [3.05, 3.63) is 46.7 Å². The molecule has 1 aromatic carbocycles. The number of aryl methyl sites for hydroxylation is 1. The van der Waals surface area contributed by atoms with Crippen LogP contribution in [-0.4, -0.2) is 40.5 Å². The molecule has 1 fully saturated rings. The number of thioether (sulfide) groups is 1. The van der Waals surface area contributed by atoms with Crippen molar-refractivity contribution in [3.63, 3.8) is 0 Å². The van der Waals surface area contributed by atoms with E-state index in [1.54, 1.807) is 16.4 Å². The minimum Gasteiger partial charge on any atom is -0.396 e. The normalized spacial score (nSPS) is 16.5. The summed E-state index contributed by atoms with van der Waals surface area (Å²) in [6.45, 7) is 3.45. The average molecular weight is 339 g/mol. The summed E-state index contributed by atoms with van der Waals surface area (Å²) in [7, 11) is 0. The fraction of sp³-hybridized carbons (Fsp3) is 0.438. The van der Waals surface area contributed by atoms with Crippen LogP contribution in [0.2, 0.25) is 5.15 Å². The van der Waals surface area contributed by atoms with Gasteiger partial charge in [-0.25, -0.2) is 4.68 Å². The maximum atomic E-state index is 9.46. The number of aliphatic hydroxyl groups is 1. The van der Waals surface area contributed by atoms with Crippen LogP contribution in [0.5, 0.6) is 0 Å². The molecule has 1 aromatic heterocycles. The minimum absolute atomic E-state index is 0.0690. The lowest BCUT2D eigenvalue weighted by Crippen LogP contribution is -2.47. The molecule has 1 saturated heterocycles. The van der Waals surface area contributed by atoms with E-state index in [0.717, 1.165) is 28.5 Å². The molecule has 0 aliphatic carbocycles. The third-order valence-corrected chi connectivity index (χ3v) is 5.63. The fourth-order valence-corrected chi connectivity index (χ4v) is 4.18. The summed E-state index contributed by atoms with van der Waals surface area (Å²) >= 11 is 8.28. The van der Waals surface area contributed by atoms with E-state index in [9.17, 15) is 5.11 Å². The van der Waals surface area contributed by atoms with E-state index in [2.05, 4.69) is 5.10 Å². The van der Waals surface area contributed by atoms with Crippen LogP contribution in [0.1, 0.15) is 11.3 Å². The van der Waals surface area contributed by atoms with Gasteiger partial charge in [0.25, 0.3) is 0 Å². The number of hydrogen-bond acceptors (Lipinski definition) is 4. The van der Waals surface area contributed by atoms with Gasteiger partial charge >= 0.3 is 0 Å². The van der Waals surface area contributed by atoms with Crippen LogP contribution in [0.15, 0.2) is 30.3 Å². The predicted octanol–water partition coefficient (Wildman–Crippen LogP) is 3.08. The Morgan fingerprint density at radius 1 is 1.36 bits per heavy atom. The second-order valence-corrected chi connectivity index (χ2v) is 7.09. The Kier molecular flexibility index (Phi) is 4.78. The van der Waals surface area contributed by atoms with Gasteiger partial charge in [-0.1, -0.05) is 29.8 Å². The van der Waals surface area contributed by atoms with E-state index in [1.807, 2.05) is 37.3 Å². The van der Waals surface area contributed by atoms with Crippen LogP contribution in [-0.2, 0) is 10.5 Å². The summed E-state index contributed by atoms with van der Waals surface area (Å²) in [4.78, 5) is 0. The van der Waals surface area contributed by atoms with Crippen molar-refractivity contribution in [2.45, 2.75) is 12.7 Å². The molecule has 3 rings (SSSR count). The highest BCUT2D eigenvalue weighted by Crippen LogP contribution is 2.34. The highest BCUT2D eigenvalue weighted by Gasteiger charge is 2.37. The van der Waals surface area contributed by atoms with Crippen LogP contribution < -0.4 is 0 Å². The quantitative estimate of drug-likeness (QED) is 0.879. The predicted molar refractivity (Wildman–Crippen MR) is 89.8 cm³/mol. The SMILES string of the molecule is Cc1nn(-c2ccccc2)c(Cl)c1CSCC1(CO)COC1. The summed E-state index contributed by atoms with van der Waals surface area (Å²) in [6, 6.07) is 9.89. The van der Waals surface area contributed by atoms with Crippen molar-refractivity contribution in [3.8, 4) is 5.69 Å². The molecule has 0 spiro atoms. The van der Waals surface area contributed by atoms with Gasteiger partial charge in [0.15, 0.2) is 0 Å². The lowest BCUT2D eigenvalue weighted by Gasteiger charge is -2.39. The van der Waals surface area contributed by atoms with E-state index >= 15 is 0 Å². The smallest absolute Gasteiger partial charge is 0.137 e. The standard InChI is InChI=1S/C16H19ClN2O2S/c1-12-14(7-22-11-16(8-20)9-21-10-16)15(17)19(18-12)13-5-3-2-4-6-13/h2-6,20H,7-11H2,1H3. The first-order chi connectivity index (χ1) is 10.7. The van der Waals surface area contributed by atoms with Gasteiger partial charge in [0.2, 0.25) is 0 Å². The van der Waals surface area contributed by atoms with Crippen molar-refractivity contribution in [2.24, 2.45) is 5.41 Å². The summed E-state index contributed by atoms with van der Waals surface area (Å²) in [5, 5.41) is 14.7. The van der Waals surface area contributed by atoms with Crippen molar-refractivity contribution < 1.29 is 9.84 Å². The van der Waals surface area contributed by atoms with Gasteiger partial charge in [0.05, 0.1) is 31.2 Å². The Morgan fingerprint density at radius 2 is 2.09 bits per heavy atom. The first kappa shape index (κ1) is 15.9. The van der Waals surface area contributed by atoms with Crippen molar-refractivity contribution in [1.29, 1.82) is 0 Å². The van der Waals surface area contributed by atoms with Gasteiger partial charge in [-0.15, -0.1) is 0 Å². The number of aromatic nitrogens is 2. The zero-order valence-corrected chi connectivity index (χ0v) is 14.0. The molecular weight excluding hydrogens is 320 g/mol. The molecule has 0 atom stereocenters. The molecule has 6 heteroatoms. The van der Waals surface area contributed by atoms with Gasteiger partial charge < -0.3 is 9.84 Å². The number of nitrogens with zero attached hydrogens (tertiary/aromatic N) is 2. The number of rotatable bonds is 6. The Bertz CT molecular complexity index is 636. The number of halogens is 1. The number of ether oxygens (including phenoxy) is 1. The third-order valence-electron chi connectivity index (χ3n) is 3.93. The molecule has 0 bridgehead atoms. The Hall–Kier alpha value is -1.01. The topological polar surface area (TPSA) is 47.3 Å². The maximum absolute atomic E-state index is 9.46.